The first kappa shape index (κ1) is 9.91. The quantitative estimate of drug-likeness (QED) is 0.725. The highest BCUT2D eigenvalue weighted by molar-refractivity contribution is 7.07. The summed E-state index contributed by atoms with van der Waals surface area (Å²) in [6.07, 6.45) is 4.20. The van der Waals surface area contributed by atoms with E-state index in [1.54, 1.807) is 11.3 Å². The molecular weight excluding hydrogens is 192 g/mol. The third-order valence-corrected chi connectivity index (χ3v) is 3.81. The molecule has 0 radical (unpaired) electrons. The van der Waals surface area contributed by atoms with Gasteiger partial charge in [-0.1, -0.05) is 6.92 Å². The molecule has 2 heteroatoms. The van der Waals surface area contributed by atoms with E-state index in [1.165, 1.54) is 18.4 Å². The molecule has 0 spiro atoms. The molecule has 14 heavy (non-hydrogen) atoms. The maximum atomic E-state index is 11.7. The first-order chi connectivity index (χ1) is 6.77. The second kappa shape index (κ2) is 4.26. The summed E-state index contributed by atoms with van der Waals surface area (Å²) in [6.45, 7) is 2.09. The van der Waals surface area contributed by atoms with Crippen molar-refractivity contribution in [3.05, 3.63) is 22.4 Å². The van der Waals surface area contributed by atoms with Crippen molar-refractivity contribution in [2.45, 2.75) is 32.6 Å². The van der Waals surface area contributed by atoms with Gasteiger partial charge in [0.15, 0.2) is 0 Å². The number of thiophene rings is 1. The number of aryl methyl sites for hydroxylation is 1. The Labute approximate surface area is 89.1 Å². The molecule has 1 aliphatic rings. The smallest absolute Gasteiger partial charge is 0.136 e. The minimum Gasteiger partial charge on any atom is -0.299 e. The van der Waals surface area contributed by atoms with Crippen LogP contribution in [0.25, 0.3) is 0 Å². The predicted octanol–water partition coefficient (Wildman–Crippen LogP) is 3.30. The molecule has 76 valence electrons. The van der Waals surface area contributed by atoms with Crippen LogP contribution in [0.5, 0.6) is 0 Å². The van der Waals surface area contributed by atoms with Gasteiger partial charge in [-0.05, 0) is 47.6 Å². The zero-order valence-electron chi connectivity index (χ0n) is 8.53. The Morgan fingerprint density at radius 2 is 2.43 bits per heavy atom. The van der Waals surface area contributed by atoms with E-state index in [1.807, 2.05) is 0 Å². The highest BCUT2D eigenvalue weighted by Crippen LogP contribution is 2.37. The largest absolute Gasteiger partial charge is 0.299 e. The summed E-state index contributed by atoms with van der Waals surface area (Å²) in [5.74, 6) is 1.48. The maximum absolute atomic E-state index is 11.7. The molecule has 0 aliphatic heterocycles. The van der Waals surface area contributed by atoms with Gasteiger partial charge in [-0.3, -0.25) is 4.79 Å². The Kier molecular flexibility index (Phi) is 3.02. The van der Waals surface area contributed by atoms with E-state index < -0.39 is 0 Å². The van der Waals surface area contributed by atoms with Crippen LogP contribution in [0.15, 0.2) is 16.8 Å². The fourth-order valence-electron chi connectivity index (χ4n) is 1.79. The molecule has 0 saturated heterocycles. The van der Waals surface area contributed by atoms with Crippen molar-refractivity contribution >= 4 is 17.1 Å². The van der Waals surface area contributed by atoms with Gasteiger partial charge in [0.05, 0.1) is 0 Å². The van der Waals surface area contributed by atoms with Gasteiger partial charge in [0.1, 0.15) is 5.78 Å². The van der Waals surface area contributed by atoms with Crippen LogP contribution in [-0.2, 0) is 11.2 Å². The van der Waals surface area contributed by atoms with Gasteiger partial charge >= 0.3 is 0 Å². The van der Waals surface area contributed by atoms with Crippen molar-refractivity contribution in [3.8, 4) is 0 Å². The monoisotopic (exact) mass is 208 g/mol. The van der Waals surface area contributed by atoms with Crippen LogP contribution in [0.1, 0.15) is 31.7 Å². The summed E-state index contributed by atoms with van der Waals surface area (Å²) in [5, 5.41) is 4.21. The summed E-state index contributed by atoms with van der Waals surface area (Å²) < 4.78 is 0. The summed E-state index contributed by atoms with van der Waals surface area (Å²) in [4.78, 5) is 11.7. The minimum absolute atomic E-state index is 0.314. The van der Waals surface area contributed by atoms with Crippen molar-refractivity contribution in [2.24, 2.45) is 11.8 Å². The summed E-state index contributed by atoms with van der Waals surface area (Å²) >= 11 is 1.71. The van der Waals surface area contributed by atoms with Gasteiger partial charge in [-0.25, -0.2) is 0 Å². The van der Waals surface area contributed by atoms with Crippen molar-refractivity contribution in [1.29, 1.82) is 0 Å². The maximum Gasteiger partial charge on any atom is 0.136 e. The molecule has 0 N–H and O–H groups in total. The predicted molar refractivity (Wildman–Crippen MR) is 59.5 cm³/mol. The number of Topliss-reactive ketones (excluding diaryl/α,β-unsaturated/α-hetero) is 1. The lowest BCUT2D eigenvalue weighted by Gasteiger charge is -2.07. The molecule has 1 aromatic heterocycles. The Morgan fingerprint density at radius 1 is 1.64 bits per heavy atom. The van der Waals surface area contributed by atoms with Gasteiger partial charge in [0, 0.05) is 12.3 Å². The van der Waals surface area contributed by atoms with E-state index in [2.05, 4.69) is 23.8 Å². The van der Waals surface area contributed by atoms with Gasteiger partial charge < -0.3 is 0 Å². The van der Waals surface area contributed by atoms with Crippen molar-refractivity contribution in [1.82, 2.24) is 0 Å². The Morgan fingerprint density at radius 3 is 3.00 bits per heavy atom. The molecule has 1 heterocycles. The van der Waals surface area contributed by atoms with Crippen LogP contribution in [0.4, 0.5) is 0 Å². The van der Waals surface area contributed by atoms with E-state index in [4.69, 9.17) is 0 Å². The van der Waals surface area contributed by atoms with Gasteiger partial charge in [-0.2, -0.15) is 11.3 Å². The lowest BCUT2D eigenvalue weighted by atomic mass is 9.96. The third kappa shape index (κ3) is 2.44. The Balaban J connectivity index is 1.77. The molecule has 0 aromatic carbocycles. The van der Waals surface area contributed by atoms with Gasteiger partial charge in [0.25, 0.3) is 0 Å². The fourth-order valence-corrected chi connectivity index (χ4v) is 2.49. The minimum atomic E-state index is 0.314. The van der Waals surface area contributed by atoms with Crippen LogP contribution < -0.4 is 0 Å². The lowest BCUT2D eigenvalue weighted by Crippen LogP contribution is -2.13. The van der Waals surface area contributed by atoms with Crippen LogP contribution in [0.3, 0.4) is 0 Å². The highest BCUT2D eigenvalue weighted by Gasteiger charge is 2.31. The summed E-state index contributed by atoms with van der Waals surface area (Å²) in [5.41, 5.74) is 1.31. The van der Waals surface area contributed by atoms with Gasteiger partial charge in [-0.15, -0.1) is 0 Å². The van der Waals surface area contributed by atoms with E-state index in [0.29, 0.717) is 17.6 Å². The highest BCUT2D eigenvalue weighted by atomic mass is 32.1. The van der Waals surface area contributed by atoms with E-state index in [0.717, 1.165) is 12.8 Å². The SMILES string of the molecule is CC(C(=O)CCc1ccsc1)C1CC1. The topological polar surface area (TPSA) is 17.1 Å². The second-order valence-electron chi connectivity index (χ2n) is 4.22. The fraction of sp³-hybridized carbons (Fsp3) is 0.583. The molecule has 1 saturated carbocycles. The number of rotatable bonds is 5. The Hall–Kier alpha value is -0.630. The molecule has 1 unspecified atom stereocenters. The molecule has 0 bridgehead atoms. The Bertz CT molecular complexity index is 298. The number of hydrogen-bond donors (Lipinski definition) is 0. The lowest BCUT2D eigenvalue weighted by molar-refractivity contribution is -0.122. The zero-order chi connectivity index (χ0) is 9.97. The molecule has 1 nitrogen and oxygen atoms in total. The van der Waals surface area contributed by atoms with Crippen LogP contribution in [0.2, 0.25) is 0 Å². The molecule has 1 aromatic rings. The number of carbonyl (C=O) groups excluding carboxylic acids is 1. The molecule has 1 atom stereocenters. The summed E-state index contributed by atoms with van der Waals surface area (Å²) in [7, 11) is 0. The standard InChI is InChI=1S/C12H16OS/c1-9(11-3-4-11)12(13)5-2-10-6-7-14-8-10/h6-9,11H,2-5H2,1H3. The van der Waals surface area contributed by atoms with Crippen molar-refractivity contribution in [2.75, 3.05) is 0 Å². The number of ketones is 1. The summed E-state index contributed by atoms with van der Waals surface area (Å²) in [6, 6.07) is 2.11. The van der Waals surface area contributed by atoms with Gasteiger partial charge in [0.2, 0.25) is 0 Å². The first-order valence-electron chi connectivity index (χ1n) is 5.31. The van der Waals surface area contributed by atoms with Crippen molar-refractivity contribution < 1.29 is 4.79 Å². The average Bonchev–Trinajstić information content (AvgIpc) is 2.91. The van der Waals surface area contributed by atoms with E-state index in [-0.39, 0.29) is 0 Å². The van der Waals surface area contributed by atoms with Crippen LogP contribution in [0, 0.1) is 11.8 Å². The van der Waals surface area contributed by atoms with Crippen LogP contribution >= 0.6 is 11.3 Å². The van der Waals surface area contributed by atoms with E-state index in [9.17, 15) is 4.79 Å². The van der Waals surface area contributed by atoms with Crippen LogP contribution in [-0.4, -0.2) is 5.78 Å². The third-order valence-electron chi connectivity index (χ3n) is 3.08. The molecular formula is C12H16OS. The molecule has 1 aliphatic carbocycles. The van der Waals surface area contributed by atoms with E-state index >= 15 is 0 Å². The van der Waals surface area contributed by atoms with Crippen molar-refractivity contribution in [3.63, 3.8) is 0 Å². The molecule has 2 rings (SSSR count). The second-order valence-corrected chi connectivity index (χ2v) is 5.00. The molecule has 1 fully saturated rings. The number of carbonyl (C=O) groups is 1. The normalized spacial score (nSPS) is 18.1. The molecule has 0 amide bonds. The first-order valence-corrected chi connectivity index (χ1v) is 6.25. The average molecular weight is 208 g/mol. The number of hydrogen-bond acceptors (Lipinski definition) is 2. The zero-order valence-corrected chi connectivity index (χ0v) is 9.35.